The van der Waals surface area contributed by atoms with E-state index in [1.54, 1.807) is 24.5 Å². The van der Waals surface area contributed by atoms with Gasteiger partial charge in [0.2, 0.25) is 10.0 Å². The minimum absolute atomic E-state index is 0.285. The number of nitrogens with zero attached hydrogens (tertiary/aromatic N) is 3. The molecule has 0 spiro atoms. The van der Waals surface area contributed by atoms with Gasteiger partial charge in [0.25, 0.3) is 0 Å². The van der Waals surface area contributed by atoms with Gasteiger partial charge in [-0.25, -0.2) is 13.3 Å². The number of pyridine rings is 2. The van der Waals surface area contributed by atoms with E-state index in [4.69, 9.17) is 4.33 Å². The Morgan fingerprint density at radius 3 is 1.74 bits per heavy atom. The monoisotopic (exact) mass is 561 g/mol. The Bertz CT molecular complexity index is 1710. The van der Waals surface area contributed by atoms with E-state index in [0.29, 0.717) is 13.1 Å². The molecule has 3 aromatic carbocycles. The second-order valence-corrected chi connectivity index (χ2v) is 11.3. The summed E-state index contributed by atoms with van der Waals surface area (Å²) >= 11 is 1.05. The number of hydrogen-bond acceptors (Lipinski definition) is 8. The zero-order chi connectivity index (χ0) is 27.4. The number of aromatic nitrogens is 2. The summed E-state index contributed by atoms with van der Waals surface area (Å²) in [5.74, 6) is 0. The molecule has 0 unspecified atom stereocenters. The molecule has 200 valence electrons. The van der Waals surface area contributed by atoms with Crippen molar-refractivity contribution >= 4 is 43.9 Å². The Morgan fingerprint density at radius 2 is 1.26 bits per heavy atom. The Labute approximate surface area is 231 Å². The normalized spacial score (nSPS) is 12.0. The highest BCUT2D eigenvalue weighted by atomic mass is 32.2. The third kappa shape index (κ3) is 5.40. The second kappa shape index (κ2) is 11.8. The van der Waals surface area contributed by atoms with E-state index in [1.165, 1.54) is 11.4 Å². The topological polar surface area (TPSA) is 90.9 Å². The van der Waals surface area contributed by atoms with Crippen molar-refractivity contribution in [3.8, 4) is 22.3 Å². The van der Waals surface area contributed by atoms with Gasteiger partial charge in [-0.3, -0.25) is 9.97 Å². The zero-order valence-corrected chi connectivity index (χ0v) is 23.3. The predicted octanol–water partition coefficient (Wildman–Crippen LogP) is 6.66. The molecule has 0 aliphatic carbocycles. The molecule has 5 aromatic rings. The van der Waals surface area contributed by atoms with Crippen molar-refractivity contribution in [1.29, 1.82) is 0 Å². The molecular weight excluding hydrogens is 534 g/mol. The minimum atomic E-state index is -3.52. The molecule has 0 N–H and O–H groups in total. The van der Waals surface area contributed by atoms with Crippen LogP contribution in [0.25, 0.3) is 44.1 Å². The van der Waals surface area contributed by atoms with E-state index in [1.807, 2.05) is 68.4 Å². The molecule has 5 rings (SSSR count). The number of fused-ring (bicyclic) bond motifs is 3. The summed E-state index contributed by atoms with van der Waals surface area (Å²) in [6, 6.07) is 23.0. The SMILES string of the molecule is CCN(CC)S(=O)(=O)c1ccc(-c2ccnc3c2ccc2c(-c4ccc(SOOOC)cc4)ccnc23)cc1. The average molecular weight is 562 g/mol. The summed E-state index contributed by atoms with van der Waals surface area (Å²) < 4.78 is 32.2. The van der Waals surface area contributed by atoms with Crippen LogP contribution in [0, 0.1) is 0 Å². The highest BCUT2D eigenvalue weighted by Crippen LogP contribution is 2.36. The summed E-state index contributed by atoms with van der Waals surface area (Å²) in [6.07, 6.45) is 3.55. The number of rotatable bonds is 10. The first-order chi connectivity index (χ1) is 19.0. The first-order valence-electron chi connectivity index (χ1n) is 12.4. The molecule has 0 amide bonds. The van der Waals surface area contributed by atoms with E-state index in [2.05, 4.69) is 26.0 Å². The Hall–Kier alpha value is -3.38. The zero-order valence-electron chi connectivity index (χ0n) is 21.7. The summed E-state index contributed by atoms with van der Waals surface area (Å²) in [6.45, 7) is 4.54. The number of benzene rings is 3. The van der Waals surface area contributed by atoms with Crippen LogP contribution in [0.5, 0.6) is 0 Å². The lowest BCUT2D eigenvalue weighted by Crippen LogP contribution is -2.30. The standard InChI is InChI=1S/C29H27N3O5S2/c1-4-32(5-2)39(33,34)23-12-8-21(9-13-23)25-17-19-31-29-27(25)15-14-26-24(16-18-30-28(26)29)20-6-10-22(11-7-20)38-37-36-35-3/h6-19H,4-5H2,1-3H3. The number of hydrogen-bond donors (Lipinski definition) is 0. The van der Waals surface area contributed by atoms with Gasteiger partial charge < -0.3 is 0 Å². The molecule has 39 heavy (non-hydrogen) atoms. The Kier molecular flexibility index (Phi) is 8.22. The first kappa shape index (κ1) is 27.2. The van der Waals surface area contributed by atoms with Gasteiger partial charge in [0.15, 0.2) is 0 Å². The Balaban J connectivity index is 1.52. The van der Waals surface area contributed by atoms with Crippen molar-refractivity contribution in [1.82, 2.24) is 14.3 Å². The summed E-state index contributed by atoms with van der Waals surface area (Å²) in [4.78, 5) is 14.9. The summed E-state index contributed by atoms with van der Waals surface area (Å²) in [7, 11) is -2.15. The Morgan fingerprint density at radius 1 is 0.744 bits per heavy atom. The molecule has 0 saturated heterocycles. The van der Waals surface area contributed by atoms with Crippen molar-refractivity contribution in [3.63, 3.8) is 0 Å². The van der Waals surface area contributed by atoms with Crippen LogP contribution in [-0.2, 0) is 24.3 Å². The van der Waals surface area contributed by atoms with Crippen LogP contribution in [0.4, 0.5) is 0 Å². The molecule has 0 radical (unpaired) electrons. The van der Waals surface area contributed by atoms with Crippen LogP contribution in [0.2, 0.25) is 0 Å². The van der Waals surface area contributed by atoms with Crippen LogP contribution in [0.15, 0.2) is 95.0 Å². The van der Waals surface area contributed by atoms with Crippen LogP contribution in [0.1, 0.15) is 13.8 Å². The maximum absolute atomic E-state index is 12.9. The van der Waals surface area contributed by atoms with Gasteiger partial charge in [-0.15, -0.1) is 4.33 Å². The van der Waals surface area contributed by atoms with Crippen molar-refractivity contribution < 1.29 is 22.7 Å². The van der Waals surface area contributed by atoms with Crippen molar-refractivity contribution in [2.24, 2.45) is 0 Å². The average Bonchev–Trinajstić information content (AvgIpc) is 2.97. The molecule has 0 aliphatic rings. The lowest BCUT2D eigenvalue weighted by Gasteiger charge is -2.18. The van der Waals surface area contributed by atoms with Crippen LogP contribution >= 0.6 is 12.0 Å². The number of sulfonamides is 1. The van der Waals surface area contributed by atoms with Crippen LogP contribution in [0.3, 0.4) is 0 Å². The molecule has 0 atom stereocenters. The van der Waals surface area contributed by atoms with Gasteiger partial charge in [-0.05, 0) is 58.7 Å². The van der Waals surface area contributed by atoms with E-state index in [9.17, 15) is 8.42 Å². The first-order valence-corrected chi connectivity index (χ1v) is 14.6. The van der Waals surface area contributed by atoms with Crippen LogP contribution in [-0.4, -0.2) is 42.9 Å². The fraction of sp³-hybridized carbons (Fsp3) is 0.172. The summed E-state index contributed by atoms with van der Waals surface area (Å²) in [5.41, 5.74) is 5.50. The largest absolute Gasteiger partial charge is 0.254 e. The van der Waals surface area contributed by atoms with Gasteiger partial charge in [0.05, 0.1) is 35.1 Å². The second-order valence-electron chi connectivity index (χ2n) is 8.60. The summed E-state index contributed by atoms with van der Waals surface area (Å²) in [5, 5.41) is 6.37. The van der Waals surface area contributed by atoms with Gasteiger partial charge in [-0.2, -0.15) is 4.31 Å². The van der Waals surface area contributed by atoms with E-state index in [0.717, 1.165) is 61.0 Å². The quantitative estimate of drug-likeness (QED) is 0.0614. The smallest absolute Gasteiger partial charge is 0.243 e. The molecule has 2 aromatic heterocycles. The molecule has 0 fully saturated rings. The molecule has 0 aliphatic heterocycles. The molecule has 0 saturated carbocycles. The lowest BCUT2D eigenvalue weighted by molar-refractivity contribution is -0.447. The van der Waals surface area contributed by atoms with Crippen molar-refractivity contribution in [3.05, 3.63) is 85.2 Å². The molecule has 2 heterocycles. The predicted molar refractivity (Wildman–Crippen MR) is 153 cm³/mol. The van der Waals surface area contributed by atoms with E-state index < -0.39 is 10.0 Å². The minimum Gasteiger partial charge on any atom is -0.254 e. The van der Waals surface area contributed by atoms with E-state index in [-0.39, 0.29) is 4.90 Å². The molecule has 0 bridgehead atoms. The maximum atomic E-state index is 12.9. The maximum Gasteiger partial charge on any atom is 0.243 e. The highest BCUT2D eigenvalue weighted by Gasteiger charge is 2.21. The van der Waals surface area contributed by atoms with E-state index >= 15 is 0 Å². The third-order valence-corrected chi connectivity index (χ3v) is 9.17. The van der Waals surface area contributed by atoms with Gasteiger partial charge in [0.1, 0.15) is 0 Å². The van der Waals surface area contributed by atoms with Gasteiger partial charge >= 0.3 is 0 Å². The molecular formula is C29H27N3O5S2. The fourth-order valence-corrected chi connectivity index (χ4v) is 6.49. The lowest BCUT2D eigenvalue weighted by atomic mass is 9.96. The molecule has 10 heteroatoms. The van der Waals surface area contributed by atoms with Gasteiger partial charge in [0, 0.05) is 41.2 Å². The fourth-order valence-electron chi connectivity index (χ4n) is 4.62. The van der Waals surface area contributed by atoms with Crippen molar-refractivity contribution in [2.45, 2.75) is 23.6 Å². The van der Waals surface area contributed by atoms with Crippen molar-refractivity contribution in [2.75, 3.05) is 20.2 Å². The van der Waals surface area contributed by atoms with Gasteiger partial charge in [-0.1, -0.05) is 55.3 Å². The third-order valence-electron chi connectivity index (χ3n) is 6.52. The highest BCUT2D eigenvalue weighted by molar-refractivity contribution is 7.94. The van der Waals surface area contributed by atoms with Crippen LogP contribution < -0.4 is 0 Å². The molecule has 8 nitrogen and oxygen atoms in total.